The fourth-order valence-corrected chi connectivity index (χ4v) is 5.80. The Morgan fingerprint density at radius 1 is 1.35 bits per heavy atom. The van der Waals surface area contributed by atoms with Crippen LogP contribution in [0.2, 0.25) is 0 Å². The summed E-state index contributed by atoms with van der Waals surface area (Å²) in [5.41, 5.74) is 1.15. The minimum Gasteiger partial charge on any atom is -0.299 e. The van der Waals surface area contributed by atoms with Gasteiger partial charge in [0, 0.05) is 28.4 Å². The summed E-state index contributed by atoms with van der Waals surface area (Å²) in [6.45, 7) is 6.64. The maximum atomic E-state index is 12.9. The molecule has 6 nitrogen and oxygen atoms in total. The molecule has 8 heteroatoms. The molecule has 0 atom stereocenters. The van der Waals surface area contributed by atoms with Crippen LogP contribution in [0, 0.1) is 13.8 Å². The third-order valence-corrected chi connectivity index (χ3v) is 7.18. The highest BCUT2D eigenvalue weighted by Crippen LogP contribution is 2.29. The van der Waals surface area contributed by atoms with Gasteiger partial charge in [-0.15, -0.1) is 11.3 Å². The maximum absolute atomic E-state index is 12.9. The molecule has 3 rings (SSSR count). The Morgan fingerprint density at radius 2 is 2.09 bits per heavy atom. The number of sulfonamides is 1. The molecule has 23 heavy (non-hydrogen) atoms. The Hall–Kier alpha value is -1.51. The van der Waals surface area contributed by atoms with Crippen LogP contribution in [-0.2, 0) is 29.5 Å². The molecule has 0 unspecified atom stereocenters. The highest BCUT2D eigenvalue weighted by molar-refractivity contribution is 7.89. The van der Waals surface area contributed by atoms with Crippen molar-refractivity contribution in [3.05, 3.63) is 43.8 Å². The van der Waals surface area contributed by atoms with E-state index < -0.39 is 10.0 Å². The van der Waals surface area contributed by atoms with Crippen molar-refractivity contribution in [1.82, 2.24) is 13.9 Å². The quantitative estimate of drug-likeness (QED) is 0.842. The summed E-state index contributed by atoms with van der Waals surface area (Å²) in [4.78, 5) is 18.7. The van der Waals surface area contributed by atoms with Gasteiger partial charge in [0.15, 0.2) is 0 Å². The van der Waals surface area contributed by atoms with Crippen molar-refractivity contribution in [2.75, 3.05) is 6.54 Å². The Labute approximate surface area is 139 Å². The van der Waals surface area contributed by atoms with Crippen LogP contribution >= 0.6 is 11.3 Å². The largest absolute Gasteiger partial charge is 0.299 e. The number of rotatable bonds is 3. The molecule has 2 aromatic rings. The topological polar surface area (TPSA) is 72.3 Å². The summed E-state index contributed by atoms with van der Waals surface area (Å²) in [5.74, 6) is 0. The third-order valence-electron chi connectivity index (χ3n) is 4.11. The zero-order chi connectivity index (χ0) is 16.8. The second-order valence-electron chi connectivity index (χ2n) is 5.63. The second kappa shape index (κ2) is 5.85. The van der Waals surface area contributed by atoms with E-state index in [0.717, 1.165) is 9.75 Å². The molecule has 0 aromatic carbocycles. The molecule has 1 aliphatic heterocycles. The number of hydrogen-bond donors (Lipinski definition) is 0. The number of nitrogens with zero attached hydrogens (tertiary/aromatic N) is 3. The van der Waals surface area contributed by atoms with Crippen LogP contribution in [0.4, 0.5) is 0 Å². The van der Waals surface area contributed by atoms with Crippen LogP contribution in [0.3, 0.4) is 0 Å². The predicted octanol–water partition coefficient (Wildman–Crippen LogP) is 1.69. The maximum Gasteiger partial charge on any atom is 0.256 e. The second-order valence-corrected chi connectivity index (χ2v) is 8.99. The third kappa shape index (κ3) is 2.75. The highest BCUT2D eigenvalue weighted by atomic mass is 32.2. The molecule has 0 amide bonds. The fraction of sp³-hybridized carbons (Fsp3) is 0.467. The zero-order valence-electron chi connectivity index (χ0n) is 13.4. The molecule has 0 N–H and O–H groups in total. The standard InChI is InChI=1S/C15H19N3O3S2/c1-4-17-9-16-13-8-18(6-5-12(13)15(17)19)23(20,21)14-7-10(2)22-11(14)3/h7,9H,4-6,8H2,1-3H3. The highest BCUT2D eigenvalue weighted by Gasteiger charge is 2.32. The van der Waals surface area contributed by atoms with Crippen LogP contribution in [0.1, 0.15) is 27.9 Å². The van der Waals surface area contributed by atoms with Gasteiger partial charge < -0.3 is 0 Å². The van der Waals surface area contributed by atoms with Gasteiger partial charge >= 0.3 is 0 Å². The summed E-state index contributed by atoms with van der Waals surface area (Å²) in [5, 5.41) is 0. The molecular weight excluding hydrogens is 334 g/mol. The van der Waals surface area contributed by atoms with E-state index in [1.54, 1.807) is 10.6 Å². The Balaban J connectivity index is 1.98. The van der Waals surface area contributed by atoms with E-state index in [4.69, 9.17) is 0 Å². The van der Waals surface area contributed by atoms with Gasteiger partial charge in [-0.1, -0.05) is 0 Å². The van der Waals surface area contributed by atoms with E-state index in [9.17, 15) is 13.2 Å². The van der Waals surface area contributed by atoms with Crippen LogP contribution < -0.4 is 5.56 Å². The minimum absolute atomic E-state index is 0.0582. The van der Waals surface area contributed by atoms with Crippen molar-refractivity contribution in [1.29, 1.82) is 0 Å². The van der Waals surface area contributed by atoms with Gasteiger partial charge in [0.1, 0.15) is 0 Å². The molecule has 0 fully saturated rings. The molecule has 3 heterocycles. The van der Waals surface area contributed by atoms with Gasteiger partial charge in [0.2, 0.25) is 10.0 Å². The first-order chi connectivity index (χ1) is 10.8. The van der Waals surface area contributed by atoms with Crippen molar-refractivity contribution in [3.63, 3.8) is 0 Å². The van der Waals surface area contributed by atoms with Crippen LogP contribution in [0.25, 0.3) is 0 Å². The molecule has 0 radical (unpaired) electrons. The number of fused-ring (bicyclic) bond motifs is 1. The van der Waals surface area contributed by atoms with Gasteiger partial charge in [-0.2, -0.15) is 4.31 Å². The van der Waals surface area contributed by atoms with Crippen LogP contribution in [-0.4, -0.2) is 28.8 Å². The van der Waals surface area contributed by atoms with Crippen molar-refractivity contribution in [2.24, 2.45) is 0 Å². The van der Waals surface area contributed by atoms with Gasteiger partial charge in [0.25, 0.3) is 5.56 Å². The lowest BCUT2D eigenvalue weighted by Crippen LogP contribution is -2.40. The van der Waals surface area contributed by atoms with E-state index in [2.05, 4.69) is 4.98 Å². The molecule has 0 spiro atoms. The lowest BCUT2D eigenvalue weighted by Gasteiger charge is -2.27. The summed E-state index contributed by atoms with van der Waals surface area (Å²) < 4.78 is 28.7. The Kier molecular flexibility index (Phi) is 4.16. The molecule has 124 valence electrons. The molecule has 0 bridgehead atoms. The molecule has 1 aliphatic rings. The average Bonchev–Trinajstić information content (AvgIpc) is 2.86. The zero-order valence-corrected chi connectivity index (χ0v) is 15.0. The lowest BCUT2D eigenvalue weighted by molar-refractivity contribution is 0.381. The Bertz CT molecular complexity index is 913. The fourth-order valence-electron chi connectivity index (χ4n) is 2.87. The number of aromatic nitrogens is 2. The lowest BCUT2D eigenvalue weighted by atomic mass is 10.1. The van der Waals surface area contributed by atoms with E-state index >= 15 is 0 Å². The molecule has 2 aromatic heterocycles. The summed E-state index contributed by atoms with van der Waals surface area (Å²) in [6.07, 6.45) is 1.90. The van der Waals surface area contributed by atoms with Crippen molar-refractivity contribution < 1.29 is 8.42 Å². The molecule has 0 aliphatic carbocycles. The predicted molar refractivity (Wildman–Crippen MR) is 89.3 cm³/mol. The summed E-state index contributed by atoms with van der Waals surface area (Å²) in [6, 6.07) is 1.72. The monoisotopic (exact) mass is 353 g/mol. The van der Waals surface area contributed by atoms with Crippen molar-refractivity contribution in [3.8, 4) is 0 Å². The molecule has 0 saturated heterocycles. The number of hydrogen-bond acceptors (Lipinski definition) is 5. The summed E-state index contributed by atoms with van der Waals surface area (Å²) >= 11 is 1.48. The van der Waals surface area contributed by atoms with Gasteiger partial charge in [0.05, 0.1) is 23.5 Å². The van der Waals surface area contributed by atoms with Crippen LogP contribution in [0.15, 0.2) is 22.1 Å². The molecular formula is C15H19N3O3S2. The SMILES string of the molecule is CCn1cnc2c(c1=O)CCN(S(=O)(=O)c1cc(C)sc1C)C2. The first kappa shape index (κ1) is 16.4. The number of thiophene rings is 1. The molecule has 0 saturated carbocycles. The first-order valence-electron chi connectivity index (χ1n) is 7.49. The van der Waals surface area contributed by atoms with Gasteiger partial charge in [-0.3, -0.25) is 9.36 Å². The Morgan fingerprint density at radius 3 is 2.70 bits per heavy atom. The average molecular weight is 353 g/mol. The first-order valence-corrected chi connectivity index (χ1v) is 9.74. The van der Waals surface area contributed by atoms with E-state index in [1.165, 1.54) is 22.0 Å². The van der Waals surface area contributed by atoms with Crippen molar-refractivity contribution in [2.45, 2.75) is 45.2 Å². The smallest absolute Gasteiger partial charge is 0.256 e. The van der Waals surface area contributed by atoms with E-state index in [-0.39, 0.29) is 12.1 Å². The van der Waals surface area contributed by atoms with Gasteiger partial charge in [-0.25, -0.2) is 13.4 Å². The van der Waals surface area contributed by atoms with E-state index in [0.29, 0.717) is 35.7 Å². The number of aryl methyl sites for hydroxylation is 3. The van der Waals surface area contributed by atoms with Gasteiger partial charge in [-0.05, 0) is 33.3 Å². The van der Waals surface area contributed by atoms with E-state index in [1.807, 2.05) is 20.8 Å². The normalized spacial score (nSPS) is 15.6. The van der Waals surface area contributed by atoms with Crippen LogP contribution in [0.5, 0.6) is 0 Å². The van der Waals surface area contributed by atoms with Crippen molar-refractivity contribution >= 4 is 21.4 Å². The minimum atomic E-state index is -3.55. The summed E-state index contributed by atoms with van der Waals surface area (Å²) in [7, 11) is -3.55.